The molecular weight excluding hydrogens is 282 g/mol. The average molecular weight is 311 g/mol. The van der Waals surface area contributed by atoms with Crippen LogP contribution in [0.1, 0.15) is 19.3 Å². The minimum Gasteiger partial charge on any atom is -0.377 e. The second kappa shape index (κ2) is 6.72. The van der Waals surface area contributed by atoms with Crippen LogP contribution < -0.4 is 0 Å². The Labute approximate surface area is 133 Å². The van der Waals surface area contributed by atoms with Gasteiger partial charge < -0.3 is 24.2 Å². The fourth-order valence-electron chi connectivity index (χ4n) is 3.96. The Morgan fingerprint density at radius 1 is 1.23 bits per heavy atom. The van der Waals surface area contributed by atoms with Gasteiger partial charge in [0.2, 0.25) is 0 Å². The summed E-state index contributed by atoms with van der Waals surface area (Å²) in [5, 5.41) is 0. The highest BCUT2D eigenvalue weighted by molar-refractivity contribution is 5.74. The van der Waals surface area contributed by atoms with Crippen LogP contribution >= 0.6 is 0 Å². The number of hydrogen-bond acceptors (Lipinski definition) is 4. The Kier molecular flexibility index (Phi) is 4.90. The van der Waals surface area contributed by atoms with Crippen LogP contribution in [0.5, 0.6) is 0 Å². The van der Waals surface area contributed by atoms with Gasteiger partial charge in [0.05, 0.1) is 26.4 Å². The summed E-state index contributed by atoms with van der Waals surface area (Å²) in [6.07, 6.45) is 3.24. The van der Waals surface area contributed by atoms with Gasteiger partial charge >= 0.3 is 6.03 Å². The number of nitrogens with zero attached hydrogens (tertiary/aromatic N) is 3. The molecular formula is C16H29N3O3. The van der Waals surface area contributed by atoms with Gasteiger partial charge in [0.1, 0.15) is 5.60 Å². The predicted molar refractivity (Wildman–Crippen MR) is 83.9 cm³/mol. The molecule has 0 aliphatic carbocycles. The van der Waals surface area contributed by atoms with Crippen LogP contribution in [0.25, 0.3) is 0 Å². The van der Waals surface area contributed by atoms with E-state index in [-0.39, 0.29) is 11.6 Å². The molecule has 126 valence electrons. The summed E-state index contributed by atoms with van der Waals surface area (Å²) in [7, 11) is 4.19. The Balaban J connectivity index is 1.64. The van der Waals surface area contributed by atoms with Gasteiger partial charge in [0.25, 0.3) is 0 Å². The zero-order valence-electron chi connectivity index (χ0n) is 13.9. The van der Waals surface area contributed by atoms with E-state index in [2.05, 4.69) is 19.0 Å². The Hall–Kier alpha value is -0.850. The lowest BCUT2D eigenvalue weighted by Crippen LogP contribution is -2.50. The molecule has 3 saturated heterocycles. The molecule has 6 nitrogen and oxygen atoms in total. The predicted octanol–water partition coefficient (Wildman–Crippen LogP) is 0.871. The van der Waals surface area contributed by atoms with E-state index in [0.717, 1.165) is 45.5 Å². The number of ether oxygens (including phenoxy) is 2. The van der Waals surface area contributed by atoms with Gasteiger partial charge in [0, 0.05) is 26.2 Å². The summed E-state index contributed by atoms with van der Waals surface area (Å²) >= 11 is 0. The number of carbonyl (C=O) groups excluding carboxylic acids is 1. The molecule has 3 fully saturated rings. The summed E-state index contributed by atoms with van der Waals surface area (Å²) in [6.45, 7) is 6.17. The Bertz CT molecular complexity index is 398. The molecule has 0 aromatic rings. The van der Waals surface area contributed by atoms with Crippen LogP contribution in [-0.4, -0.2) is 93.0 Å². The molecule has 3 heterocycles. The lowest BCUT2D eigenvalue weighted by molar-refractivity contribution is -0.0537. The molecule has 0 saturated carbocycles. The minimum absolute atomic E-state index is 0.169. The largest absolute Gasteiger partial charge is 0.377 e. The molecule has 22 heavy (non-hydrogen) atoms. The number of carbonyl (C=O) groups is 1. The maximum absolute atomic E-state index is 12.7. The maximum Gasteiger partial charge on any atom is 0.320 e. The zero-order valence-corrected chi connectivity index (χ0v) is 13.9. The first-order valence-electron chi connectivity index (χ1n) is 8.48. The van der Waals surface area contributed by atoms with E-state index in [4.69, 9.17) is 9.47 Å². The lowest BCUT2D eigenvalue weighted by Gasteiger charge is -2.33. The average Bonchev–Trinajstić information content (AvgIpc) is 3.07. The molecule has 3 rings (SSSR count). The lowest BCUT2D eigenvalue weighted by atomic mass is 9.94. The standard InChI is InChI=1S/C16H29N3O3/c1-17(2)10-14-9-16(22-11-14)12-19(7-8-21-13-16)15(20)18-5-3-4-6-18/h14H,3-13H2,1-2H3/t14-,16+/m0/s1. The summed E-state index contributed by atoms with van der Waals surface area (Å²) in [5.41, 5.74) is -0.299. The minimum atomic E-state index is -0.299. The third kappa shape index (κ3) is 3.55. The number of likely N-dealkylation sites (tertiary alicyclic amines) is 1. The van der Waals surface area contributed by atoms with E-state index >= 15 is 0 Å². The highest BCUT2D eigenvalue weighted by Crippen LogP contribution is 2.33. The van der Waals surface area contributed by atoms with E-state index in [1.165, 1.54) is 0 Å². The van der Waals surface area contributed by atoms with Gasteiger partial charge in [-0.25, -0.2) is 4.79 Å². The normalized spacial score (nSPS) is 33.0. The SMILES string of the molecule is CN(C)C[C@H]1CO[C@]2(COCCN(C(=O)N3CCCC3)C2)C1. The first kappa shape index (κ1) is 16.0. The van der Waals surface area contributed by atoms with Gasteiger partial charge in [0.15, 0.2) is 0 Å². The van der Waals surface area contributed by atoms with Gasteiger partial charge in [-0.3, -0.25) is 0 Å². The van der Waals surface area contributed by atoms with Crippen LogP contribution in [0, 0.1) is 5.92 Å². The number of rotatable bonds is 2. The quantitative estimate of drug-likeness (QED) is 0.759. The highest BCUT2D eigenvalue weighted by Gasteiger charge is 2.44. The molecule has 1 spiro atoms. The summed E-state index contributed by atoms with van der Waals surface area (Å²) in [5.74, 6) is 0.528. The van der Waals surface area contributed by atoms with Crippen molar-refractivity contribution in [2.24, 2.45) is 5.92 Å². The van der Waals surface area contributed by atoms with Crippen molar-refractivity contribution in [3.8, 4) is 0 Å². The summed E-state index contributed by atoms with van der Waals surface area (Å²) in [4.78, 5) is 18.8. The highest BCUT2D eigenvalue weighted by atomic mass is 16.5. The van der Waals surface area contributed by atoms with Crippen molar-refractivity contribution >= 4 is 6.03 Å². The van der Waals surface area contributed by atoms with E-state index in [1.807, 2.05) is 9.80 Å². The fraction of sp³-hybridized carbons (Fsp3) is 0.938. The molecule has 2 atom stereocenters. The van der Waals surface area contributed by atoms with Crippen LogP contribution in [0.15, 0.2) is 0 Å². The molecule has 0 aromatic carbocycles. The third-order valence-corrected chi connectivity index (χ3v) is 4.91. The summed E-state index contributed by atoms with van der Waals surface area (Å²) in [6, 6.07) is 0.169. The number of hydrogen-bond donors (Lipinski definition) is 0. The molecule has 0 radical (unpaired) electrons. The van der Waals surface area contributed by atoms with Gasteiger partial charge in [-0.2, -0.15) is 0 Å². The third-order valence-electron chi connectivity index (χ3n) is 4.91. The first-order valence-corrected chi connectivity index (χ1v) is 8.48. The van der Waals surface area contributed by atoms with E-state index in [9.17, 15) is 4.79 Å². The van der Waals surface area contributed by atoms with Gasteiger partial charge in [-0.05, 0) is 39.3 Å². The van der Waals surface area contributed by atoms with Crippen LogP contribution in [0.2, 0.25) is 0 Å². The van der Waals surface area contributed by atoms with E-state index in [1.54, 1.807) is 0 Å². The van der Waals surface area contributed by atoms with Gasteiger partial charge in [-0.15, -0.1) is 0 Å². The van der Waals surface area contributed by atoms with Crippen LogP contribution in [-0.2, 0) is 9.47 Å². The second-order valence-electron chi connectivity index (χ2n) is 7.28. The molecule has 0 bridgehead atoms. The molecule has 3 aliphatic rings. The molecule has 0 unspecified atom stereocenters. The fourth-order valence-corrected chi connectivity index (χ4v) is 3.96. The molecule has 2 amide bonds. The van der Waals surface area contributed by atoms with Crippen molar-refractivity contribution in [1.29, 1.82) is 0 Å². The monoisotopic (exact) mass is 311 g/mol. The van der Waals surface area contributed by atoms with E-state index < -0.39 is 0 Å². The van der Waals surface area contributed by atoms with Gasteiger partial charge in [-0.1, -0.05) is 0 Å². The smallest absolute Gasteiger partial charge is 0.320 e. The Morgan fingerprint density at radius 2 is 2.00 bits per heavy atom. The summed E-state index contributed by atoms with van der Waals surface area (Å²) < 4.78 is 11.9. The Morgan fingerprint density at radius 3 is 2.73 bits per heavy atom. The van der Waals surface area contributed by atoms with Crippen molar-refractivity contribution in [1.82, 2.24) is 14.7 Å². The number of amides is 2. The van der Waals surface area contributed by atoms with Crippen LogP contribution in [0.3, 0.4) is 0 Å². The topological polar surface area (TPSA) is 45.3 Å². The second-order valence-corrected chi connectivity index (χ2v) is 7.28. The van der Waals surface area contributed by atoms with Crippen molar-refractivity contribution in [3.05, 3.63) is 0 Å². The number of urea groups is 1. The molecule has 0 aromatic heterocycles. The molecule has 6 heteroatoms. The van der Waals surface area contributed by atoms with Crippen molar-refractivity contribution in [2.45, 2.75) is 24.9 Å². The zero-order chi connectivity index (χ0) is 15.6. The van der Waals surface area contributed by atoms with Crippen LogP contribution in [0.4, 0.5) is 4.79 Å². The molecule has 0 N–H and O–H groups in total. The molecule has 3 aliphatic heterocycles. The van der Waals surface area contributed by atoms with Crippen molar-refractivity contribution in [3.63, 3.8) is 0 Å². The van der Waals surface area contributed by atoms with Crippen molar-refractivity contribution in [2.75, 3.05) is 66.6 Å². The maximum atomic E-state index is 12.7. The first-order chi connectivity index (χ1) is 10.6. The van der Waals surface area contributed by atoms with E-state index in [0.29, 0.717) is 32.2 Å². The van der Waals surface area contributed by atoms with Crippen molar-refractivity contribution < 1.29 is 14.3 Å².